The second kappa shape index (κ2) is 11.3. The minimum absolute atomic E-state index is 0. The fourth-order valence-electron chi connectivity index (χ4n) is 1.19. The van der Waals surface area contributed by atoms with Crippen LogP contribution in [0.2, 0.25) is 0 Å². The number of rotatable bonds is 7. The van der Waals surface area contributed by atoms with Crippen molar-refractivity contribution in [2.75, 3.05) is 37.2 Å². The van der Waals surface area contributed by atoms with Gasteiger partial charge in [0.05, 0.1) is 18.9 Å². The zero-order valence-electron chi connectivity index (χ0n) is 9.87. The molecule has 106 valence electrons. The first kappa shape index (κ1) is 19.6. The molecule has 0 spiro atoms. The Hall–Kier alpha value is -0.760. The number of halogens is 2. The molecule has 0 aliphatic carbocycles. The first-order chi connectivity index (χ1) is 7.77. The fraction of sp³-hybridized carbons (Fsp3) is 0.400. The Morgan fingerprint density at radius 2 is 1.39 bits per heavy atom. The van der Waals surface area contributed by atoms with Crippen molar-refractivity contribution in [2.24, 2.45) is 0 Å². The maximum Gasteiger partial charge on any atom is 0.0703 e. The van der Waals surface area contributed by atoms with Crippen LogP contribution in [0.3, 0.4) is 0 Å². The van der Waals surface area contributed by atoms with Gasteiger partial charge in [-0.25, -0.2) is 16.0 Å². The number of hydrazine groups is 2. The van der Waals surface area contributed by atoms with Gasteiger partial charge in [-0.3, -0.25) is 0 Å². The lowest BCUT2D eigenvalue weighted by Gasteiger charge is -2.25. The standard InChI is InChI=1S/C10H18N4O2.2ClH/c11-9-1-3-10(4-2-9)14(12-5-7-15)13-6-8-16;;/h1-4,12-13,15-16H,5-8,11H2;2*1H. The van der Waals surface area contributed by atoms with E-state index in [2.05, 4.69) is 10.9 Å². The second-order valence-electron chi connectivity index (χ2n) is 3.19. The maximum absolute atomic E-state index is 8.75. The normalized spacial score (nSPS) is 9.22. The molecule has 8 heteroatoms. The Morgan fingerprint density at radius 3 is 1.78 bits per heavy atom. The Balaban J connectivity index is 0. The Kier molecular flexibility index (Phi) is 12.3. The summed E-state index contributed by atoms with van der Waals surface area (Å²) < 4.78 is 0. The van der Waals surface area contributed by atoms with Gasteiger partial charge < -0.3 is 15.9 Å². The molecule has 0 unspecified atom stereocenters. The summed E-state index contributed by atoms with van der Waals surface area (Å²) in [5.41, 5.74) is 13.1. The molecule has 1 aromatic rings. The molecular weight excluding hydrogens is 279 g/mol. The number of hydrogen-bond donors (Lipinski definition) is 5. The number of nitrogens with two attached hydrogens (primary N) is 1. The number of hydrogen-bond acceptors (Lipinski definition) is 6. The van der Waals surface area contributed by atoms with E-state index in [0.717, 1.165) is 5.69 Å². The number of benzene rings is 1. The van der Waals surface area contributed by atoms with Crippen LogP contribution in [0.4, 0.5) is 11.4 Å². The second-order valence-corrected chi connectivity index (χ2v) is 3.19. The predicted octanol–water partition coefficient (Wildman–Crippen LogP) is -0.0874. The third kappa shape index (κ3) is 6.85. The third-order valence-corrected chi connectivity index (χ3v) is 1.91. The van der Waals surface area contributed by atoms with Gasteiger partial charge in [-0.05, 0) is 24.3 Å². The fourth-order valence-corrected chi connectivity index (χ4v) is 1.19. The Labute approximate surface area is 119 Å². The molecule has 18 heavy (non-hydrogen) atoms. The summed E-state index contributed by atoms with van der Waals surface area (Å²) in [5.74, 6) is 0. The van der Waals surface area contributed by atoms with Crippen molar-refractivity contribution in [3.05, 3.63) is 24.3 Å². The SMILES string of the molecule is Cl.Cl.Nc1ccc(N(NCCO)NCCO)cc1. The summed E-state index contributed by atoms with van der Waals surface area (Å²) in [6, 6.07) is 7.24. The molecule has 6 N–H and O–H groups in total. The van der Waals surface area contributed by atoms with Gasteiger partial charge in [0.1, 0.15) is 0 Å². The van der Waals surface area contributed by atoms with Gasteiger partial charge in [0.2, 0.25) is 0 Å². The van der Waals surface area contributed by atoms with Gasteiger partial charge in [-0.15, -0.1) is 24.8 Å². The molecule has 0 fully saturated rings. The van der Waals surface area contributed by atoms with E-state index < -0.39 is 0 Å². The first-order valence-electron chi connectivity index (χ1n) is 5.12. The minimum atomic E-state index is 0. The Bertz CT molecular complexity index is 292. The average Bonchev–Trinajstić information content (AvgIpc) is 2.31. The van der Waals surface area contributed by atoms with Crippen molar-refractivity contribution in [1.29, 1.82) is 0 Å². The summed E-state index contributed by atoms with van der Waals surface area (Å²) in [5, 5.41) is 19.1. The molecule has 0 aliphatic heterocycles. The van der Waals surface area contributed by atoms with Gasteiger partial charge in [-0.1, -0.05) is 0 Å². The highest BCUT2D eigenvalue weighted by Gasteiger charge is 2.03. The van der Waals surface area contributed by atoms with Gasteiger partial charge in [0, 0.05) is 18.8 Å². The summed E-state index contributed by atoms with van der Waals surface area (Å²) in [4.78, 5) is 0. The molecule has 0 heterocycles. The van der Waals surface area contributed by atoms with E-state index in [4.69, 9.17) is 15.9 Å². The van der Waals surface area contributed by atoms with Gasteiger partial charge in [0.15, 0.2) is 0 Å². The lowest BCUT2D eigenvalue weighted by Crippen LogP contribution is -2.50. The number of nitrogen functional groups attached to an aromatic ring is 1. The molecule has 6 nitrogen and oxygen atoms in total. The predicted molar refractivity (Wildman–Crippen MR) is 78.0 cm³/mol. The third-order valence-electron chi connectivity index (χ3n) is 1.91. The molecule has 0 saturated heterocycles. The van der Waals surface area contributed by atoms with E-state index in [1.54, 1.807) is 17.3 Å². The molecule has 0 aliphatic rings. The summed E-state index contributed by atoms with van der Waals surface area (Å²) in [6.45, 7) is 0.907. The van der Waals surface area contributed by atoms with E-state index in [9.17, 15) is 0 Å². The quantitative estimate of drug-likeness (QED) is 0.357. The number of aliphatic hydroxyl groups is 2. The van der Waals surface area contributed by atoms with E-state index in [-0.39, 0.29) is 38.0 Å². The van der Waals surface area contributed by atoms with Crippen molar-refractivity contribution < 1.29 is 10.2 Å². The van der Waals surface area contributed by atoms with Crippen molar-refractivity contribution in [3.8, 4) is 0 Å². The molecule has 0 radical (unpaired) electrons. The summed E-state index contributed by atoms with van der Waals surface area (Å²) in [7, 11) is 0. The van der Waals surface area contributed by atoms with Crippen LogP contribution < -0.4 is 21.7 Å². The molecule has 0 amide bonds. The molecule has 1 aromatic carbocycles. The number of aliphatic hydroxyl groups excluding tert-OH is 2. The molecular formula is C10H20Cl2N4O2. The highest BCUT2D eigenvalue weighted by atomic mass is 35.5. The van der Waals surface area contributed by atoms with Crippen LogP contribution in [0.15, 0.2) is 24.3 Å². The Morgan fingerprint density at radius 1 is 0.944 bits per heavy atom. The van der Waals surface area contributed by atoms with E-state index >= 15 is 0 Å². The topological polar surface area (TPSA) is 93.8 Å². The summed E-state index contributed by atoms with van der Waals surface area (Å²) in [6.07, 6.45) is 0. The average molecular weight is 299 g/mol. The smallest absolute Gasteiger partial charge is 0.0703 e. The largest absolute Gasteiger partial charge is 0.399 e. The maximum atomic E-state index is 8.75. The van der Waals surface area contributed by atoms with Crippen LogP contribution in [-0.4, -0.2) is 36.5 Å². The summed E-state index contributed by atoms with van der Waals surface area (Å²) >= 11 is 0. The van der Waals surface area contributed by atoms with Crippen LogP contribution in [0.5, 0.6) is 0 Å². The molecule has 0 atom stereocenters. The van der Waals surface area contributed by atoms with E-state index in [1.165, 1.54) is 0 Å². The number of nitrogens with one attached hydrogen (secondary N) is 2. The van der Waals surface area contributed by atoms with Gasteiger partial charge in [-0.2, -0.15) is 0 Å². The zero-order valence-corrected chi connectivity index (χ0v) is 11.5. The van der Waals surface area contributed by atoms with E-state index in [1.807, 2.05) is 12.1 Å². The molecule has 1 rings (SSSR count). The van der Waals surface area contributed by atoms with Crippen LogP contribution in [0.25, 0.3) is 0 Å². The lowest BCUT2D eigenvalue weighted by molar-refractivity contribution is 0.272. The van der Waals surface area contributed by atoms with Crippen molar-refractivity contribution >= 4 is 36.2 Å². The number of nitrogens with zero attached hydrogens (tertiary/aromatic N) is 1. The number of anilines is 2. The van der Waals surface area contributed by atoms with Crippen LogP contribution in [0, 0.1) is 0 Å². The lowest BCUT2D eigenvalue weighted by atomic mass is 10.3. The van der Waals surface area contributed by atoms with Crippen molar-refractivity contribution in [3.63, 3.8) is 0 Å². The molecule has 0 bridgehead atoms. The monoisotopic (exact) mass is 298 g/mol. The van der Waals surface area contributed by atoms with Crippen LogP contribution in [-0.2, 0) is 0 Å². The van der Waals surface area contributed by atoms with Crippen molar-refractivity contribution in [2.45, 2.75) is 0 Å². The first-order valence-corrected chi connectivity index (χ1v) is 5.12. The highest BCUT2D eigenvalue weighted by Crippen LogP contribution is 2.12. The van der Waals surface area contributed by atoms with Crippen LogP contribution in [0.1, 0.15) is 0 Å². The van der Waals surface area contributed by atoms with E-state index in [0.29, 0.717) is 18.8 Å². The van der Waals surface area contributed by atoms with Crippen LogP contribution >= 0.6 is 24.8 Å². The molecule has 0 aromatic heterocycles. The zero-order chi connectivity index (χ0) is 11.8. The van der Waals surface area contributed by atoms with Crippen molar-refractivity contribution in [1.82, 2.24) is 10.9 Å². The molecule has 0 saturated carbocycles. The highest BCUT2D eigenvalue weighted by molar-refractivity contribution is 5.85. The van der Waals surface area contributed by atoms with Gasteiger partial charge in [0.25, 0.3) is 0 Å². The minimum Gasteiger partial charge on any atom is -0.399 e. The van der Waals surface area contributed by atoms with Gasteiger partial charge >= 0.3 is 0 Å².